The molecular formula is C20H21N2. The molecule has 2 nitrogen and oxygen atoms in total. The van der Waals surface area contributed by atoms with Crippen molar-refractivity contribution in [1.29, 1.82) is 0 Å². The van der Waals surface area contributed by atoms with E-state index in [1.807, 2.05) is 4.68 Å². The number of nitrogens with zero attached hydrogens (tertiary/aromatic N) is 2. The number of aryl methyl sites for hydroxylation is 1. The van der Waals surface area contributed by atoms with E-state index in [9.17, 15) is 0 Å². The van der Waals surface area contributed by atoms with E-state index in [0.717, 1.165) is 17.8 Å². The molecule has 1 aromatic heterocycles. The standard InChI is InChI=1S/C20H21N2/c1-4-17-11-13-19(14-12-17)22-16(3)20(15(2)21-22)18-9-7-5-6-8-10-18/h5-14,18H,1,4H2,2-3H3. The van der Waals surface area contributed by atoms with Gasteiger partial charge in [-0.05, 0) is 44.9 Å². The predicted octanol–water partition coefficient (Wildman–Crippen LogP) is 4.63. The molecule has 2 aromatic rings. The molecule has 0 amide bonds. The molecule has 0 saturated heterocycles. The molecule has 2 heteroatoms. The molecule has 0 spiro atoms. The number of rotatable bonds is 3. The molecule has 0 bridgehead atoms. The summed E-state index contributed by atoms with van der Waals surface area (Å²) in [5.74, 6) is 0.280. The summed E-state index contributed by atoms with van der Waals surface area (Å²) in [4.78, 5) is 0. The second-order valence-electron chi connectivity index (χ2n) is 5.59. The van der Waals surface area contributed by atoms with E-state index in [-0.39, 0.29) is 5.92 Å². The maximum Gasteiger partial charge on any atom is 0.0649 e. The third-order valence-corrected chi connectivity index (χ3v) is 4.12. The Labute approximate surface area is 132 Å². The number of benzene rings is 1. The van der Waals surface area contributed by atoms with Gasteiger partial charge in [0.15, 0.2) is 0 Å². The zero-order valence-corrected chi connectivity index (χ0v) is 13.2. The highest BCUT2D eigenvalue weighted by molar-refractivity contribution is 5.43. The lowest BCUT2D eigenvalue weighted by Crippen LogP contribution is -2.00. The fourth-order valence-electron chi connectivity index (χ4n) is 2.94. The van der Waals surface area contributed by atoms with E-state index in [2.05, 4.69) is 81.5 Å². The number of hydrogen-bond acceptors (Lipinski definition) is 1. The van der Waals surface area contributed by atoms with Gasteiger partial charge >= 0.3 is 0 Å². The first kappa shape index (κ1) is 14.6. The van der Waals surface area contributed by atoms with Crippen LogP contribution in [0.2, 0.25) is 0 Å². The van der Waals surface area contributed by atoms with Crippen molar-refractivity contribution in [3.63, 3.8) is 0 Å². The average molecular weight is 289 g/mol. The molecular weight excluding hydrogens is 268 g/mol. The summed E-state index contributed by atoms with van der Waals surface area (Å²) in [5, 5.41) is 4.75. The molecule has 1 radical (unpaired) electrons. The second kappa shape index (κ2) is 6.18. The second-order valence-corrected chi connectivity index (χ2v) is 5.59. The van der Waals surface area contributed by atoms with Crippen LogP contribution < -0.4 is 0 Å². The van der Waals surface area contributed by atoms with Crippen LogP contribution in [0.3, 0.4) is 0 Å². The quantitative estimate of drug-likeness (QED) is 0.805. The Morgan fingerprint density at radius 2 is 1.64 bits per heavy atom. The molecule has 0 aliphatic heterocycles. The number of hydrogen-bond donors (Lipinski definition) is 0. The van der Waals surface area contributed by atoms with E-state index < -0.39 is 0 Å². The Balaban J connectivity index is 2.02. The average Bonchev–Trinajstić information content (AvgIpc) is 2.73. The minimum absolute atomic E-state index is 0.280. The van der Waals surface area contributed by atoms with Crippen LogP contribution in [0, 0.1) is 20.8 Å². The lowest BCUT2D eigenvalue weighted by Gasteiger charge is -2.10. The third-order valence-electron chi connectivity index (χ3n) is 4.12. The Bertz CT molecular complexity index is 727. The first-order valence-electron chi connectivity index (χ1n) is 7.67. The number of allylic oxidation sites excluding steroid dienone is 6. The molecule has 1 heterocycles. The van der Waals surface area contributed by atoms with Crippen LogP contribution in [0.1, 0.15) is 28.4 Å². The van der Waals surface area contributed by atoms with Crippen LogP contribution in [-0.4, -0.2) is 9.78 Å². The van der Waals surface area contributed by atoms with Crippen LogP contribution in [-0.2, 0) is 6.42 Å². The molecule has 22 heavy (non-hydrogen) atoms. The van der Waals surface area contributed by atoms with Gasteiger partial charge in [0.05, 0.1) is 11.4 Å². The van der Waals surface area contributed by atoms with Gasteiger partial charge in [0.1, 0.15) is 0 Å². The fraction of sp³-hybridized carbons (Fsp3) is 0.200. The lowest BCUT2D eigenvalue weighted by molar-refractivity contribution is 0.831. The summed E-state index contributed by atoms with van der Waals surface area (Å²) in [6.07, 6.45) is 13.6. The van der Waals surface area contributed by atoms with E-state index in [4.69, 9.17) is 5.10 Å². The molecule has 3 rings (SSSR count). The normalized spacial score (nSPS) is 14.5. The molecule has 0 N–H and O–H groups in total. The van der Waals surface area contributed by atoms with Gasteiger partial charge in [-0.15, -0.1) is 0 Å². The highest BCUT2D eigenvalue weighted by atomic mass is 15.3. The topological polar surface area (TPSA) is 17.8 Å². The van der Waals surface area contributed by atoms with Gasteiger partial charge in [-0.1, -0.05) is 48.6 Å². The molecule has 1 aliphatic rings. The number of aromatic nitrogens is 2. The zero-order valence-electron chi connectivity index (χ0n) is 13.2. The minimum Gasteiger partial charge on any atom is -0.238 e. The first-order valence-corrected chi connectivity index (χ1v) is 7.67. The van der Waals surface area contributed by atoms with Gasteiger partial charge in [-0.25, -0.2) is 4.68 Å². The minimum atomic E-state index is 0.280. The molecule has 1 aliphatic carbocycles. The van der Waals surface area contributed by atoms with E-state index >= 15 is 0 Å². The molecule has 0 unspecified atom stereocenters. The Hall–Kier alpha value is -2.35. The van der Waals surface area contributed by atoms with Crippen molar-refractivity contribution in [2.45, 2.75) is 26.2 Å². The maximum absolute atomic E-state index is 4.75. The summed E-state index contributed by atoms with van der Waals surface area (Å²) < 4.78 is 2.04. The van der Waals surface area contributed by atoms with Crippen molar-refractivity contribution >= 4 is 0 Å². The molecule has 0 atom stereocenters. The summed E-state index contributed by atoms with van der Waals surface area (Å²) in [6.45, 7) is 8.15. The molecule has 0 saturated carbocycles. The van der Waals surface area contributed by atoms with Gasteiger partial charge in [-0.3, -0.25) is 0 Å². The van der Waals surface area contributed by atoms with Crippen LogP contribution in [0.5, 0.6) is 0 Å². The first-order chi connectivity index (χ1) is 10.7. The van der Waals surface area contributed by atoms with Crippen LogP contribution in [0.4, 0.5) is 0 Å². The summed E-state index contributed by atoms with van der Waals surface area (Å²) >= 11 is 0. The van der Waals surface area contributed by atoms with Crippen molar-refractivity contribution in [2.75, 3.05) is 0 Å². The van der Waals surface area contributed by atoms with Crippen molar-refractivity contribution in [3.05, 3.63) is 90.2 Å². The van der Waals surface area contributed by atoms with Crippen LogP contribution in [0.15, 0.2) is 60.7 Å². The monoisotopic (exact) mass is 289 g/mol. The molecule has 111 valence electrons. The van der Waals surface area contributed by atoms with Crippen molar-refractivity contribution in [3.8, 4) is 5.69 Å². The highest BCUT2D eigenvalue weighted by Crippen LogP contribution is 2.28. The predicted molar refractivity (Wildman–Crippen MR) is 92.3 cm³/mol. The smallest absolute Gasteiger partial charge is 0.0649 e. The molecule has 1 aromatic carbocycles. The summed E-state index contributed by atoms with van der Waals surface area (Å²) in [7, 11) is 0. The SMILES string of the molecule is [CH2]Cc1ccc(-n2nc(C)c(C3C=CC=CC=C3)c2C)cc1. The van der Waals surface area contributed by atoms with Crippen molar-refractivity contribution in [2.24, 2.45) is 0 Å². The van der Waals surface area contributed by atoms with Gasteiger partial charge in [0.2, 0.25) is 0 Å². The van der Waals surface area contributed by atoms with Crippen LogP contribution in [0.25, 0.3) is 5.69 Å². The fourth-order valence-corrected chi connectivity index (χ4v) is 2.94. The Kier molecular flexibility index (Phi) is 4.10. The van der Waals surface area contributed by atoms with E-state index in [0.29, 0.717) is 0 Å². The Morgan fingerprint density at radius 1 is 1.00 bits per heavy atom. The maximum atomic E-state index is 4.75. The third kappa shape index (κ3) is 2.69. The van der Waals surface area contributed by atoms with Gasteiger partial charge in [0.25, 0.3) is 0 Å². The van der Waals surface area contributed by atoms with Crippen molar-refractivity contribution < 1.29 is 0 Å². The van der Waals surface area contributed by atoms with Crippen molar-refractivity contribution in [1.82, 2.24) is 9.78 Å². The zero-order chi connectivity index (χ0) is 15.5. The molecule has 0 fully saturated rings. The Morgan fingerprint density at radius 3 is 2.23 bits per heavy atom. The van der Waals surface area contributed by atoms with E-state index in [1.165, 1.54) is 16.8 Å². The van der Waals surface area contributed by atoms with E-state index in [1.54, 1.807) is 0 Å². The van der Waals surface area contributed by atoms with Gasteiger partial charge in [-0.2, -0.15) is 5.10 Å². The highest BCUT2D eigenvalue weighted by Gasteiger charge is 2.18. The van der Waals surface area contributed by atoms with Gasteiger partial charge < -0.3 is 0 Å². The summed E-state index contributed by atoms with van der Waals surface area (Å²) in [5.41, 5.74) is 5.91. The van der Waals surface area contributed by atoms with Gasteiger partial charge in [0, 0.05) is 17.2 Å². The lowest BCUT2D eigenvalue weighted by atomic mass is 9.96. The largest absolute Gasteiger partial charge is 0.238 e. The van der Waals surface area contributed by atoms with Crippen LogP contribution >= 0.6 is 0 Å². The summed E-state index contributed by atoms with van der Waals surface area (Å²) in [6, 6.07) is 8.47.